The number of nitrogens with zero attached hydrogens (tertiary/aromatic N) is 2. The summed E-state index contributed by atoms with van der Waals surface area (Å²) in [5, 5.41) is 8.34. The van der Waals surface area contributed by atoms with E-state index >= 15 is 0 Å². The fourth-order valence-corrected chi connectivity index (χ4v) is 0.460. The lowest BCUT2D eigenvalue weighted by Crippen LogP contribution is -2.13. The van der Waals surface area contributed by atoms with Crippen LogP contribution in [0.15, 0.2) is 29.2 Å². The van der Waals surface area contributed by atoms with E-state index in [1.165, 1.54) is 0 Å². The summed E-state index contributed by atoms with van der Waals surface area (Å²) in [7, 11) is 0. The molecule has 64 valence electrons. The summed E-state index contributed by atoms with van der Waals surface area (Å²) >= 11 is 0. The van der Waals surface area contributed by atoms with Crippen molar-refractivity contribution < 1.29 is 4.39 Å². The molecule has 0 unspecified atom stereocenters. The van der Waals surface area contributed by atoms with Gasteiger partial charge in [-0.2, -0.15) is 5.26 Å². The molecule has 0 aliphatic carbocycles. The molecular weight excluding hydrogens is 157 g/mol. The Morgan fingerprint density at radius 2 is 2.42 bits per heavy atom. The van der Waals surface area contributed by atoms with Crippen LogP contribution < -0.4 is 5.73 Å². The zero-order valence-corrected chi connectivity index (χ0v) is 6.84. The average molecular weight is 167 g/mol. The van der Waals surface area contributed by atoms with Gasteiger partial charge >= 0.3 is 0 Å². The summed E-state index contributed by atoms with van der Waals surface area (Å²) < 4.78 is 11.9. The van der Waals surface area contributed by atoms with Crippen LogP contribution in [-0.2, 0) is 0 Å². The quantitative estimate of drug-likeness (QED) is 0.394. The van der Waals surface area contributed by atoms with Crippen molar-refractivity contribution in [2.75, 3.05) is 0 Å². The molecule has 0 aliphatic rings. The number of rotatable bonds is 3. The molecule has 3 nitrogen and oxygen atoms in total. The number of amidine groups is 1. The Bertz CT molecular complexity index is 271. The number of aliphatic imine (C=N–C) groups is 1. The highest BCUT2D eigenvalue weighted by molar-refractivity contribution is 6.00. The number of hydrogen-bond donors (Lipinski definition) is 1. The summed E-state index contributed by atoms with van der Waals surface area (Å²) in [4.78, 5) is 3.64. The van der Waals surface area contributed by atoms with E-state index in [1.54, 1.807) is 13.0 Å². The summed E-state index contributed by atoms with van der Waals surface area (Å²) in [6, 6.07) is 1.72. The number of halogens is 1. The number of nitriles is 1. The molecule has 0 bridgehead atoms. The fraction of sp³-hybridized carbons (Fsp3) is 0.250. The maximum absolute atomic E-state index is 11.9. The molecule has 0 atom stereocenters. The second-order valence-electron chi connectivity index (χ2n) is 2.04. The summed E-state index contributed by atoms with van der Waals surface area (Å²) in [6.07, 6.45) is 0.785. The lowest BCUT2D eigenvalue weighted by Gasteiger charge is -1.96. The van der Waals surface area contributed by atoms with E-state index in [9.17, 15) is 4.39 Å². The highest BCUT2D eigenvalue weighted by atomic mass is 19.1. The molecule has 0 aromatic heterocycles. The molecule has 0 saturated carbocycles. The largest absolute Gasteiger partial charge is 0.383 e. The van der Waals surface area contributed by atoms with Gasteiger partial charge < -0.3 is 5.73 Å². The molecule has 12 heavy (non-hydrogen) atoms. The van der Waals surface area contributed by atoms with Gasteiger partial charge in [0.1, 0.15) is 18.2 Å². The third-order valence-electron chi connectivity index (χ3n) is 1.20. The van der Waals surface area contributed by atoms with Crippen molar-refractivity contribution >= 4 is 5.84 Å². The third-order valence-corrected chi connectivity index (χ3v) is 1.20. The van der Waals surface area contributed by atoms with Gasteiger partial charge in [0.25, 0.3) is 0 Å². The normalized spacial score (nSPS) is 12.4. The molecule has 4 heteroatoms. The molecular formula is C8H10FN3. The van der Waals surface area contributed by atoms with Crippen LogP contribution in [0, 0.1) is 11.3 Å². The molecule has 0 aliphatic heterocycles. The third kappa shape index (κ3) is 2.97. The summed E-state index contributed by atoms with van der Waals surface area (Å²) in [6.45, 7) is 5.06. The number of allylic oxidation sites excluding steroid dienone is 1. The highest BCUT2D eigenvalue weighted by Gasteiger charge is 1.98. The standard InChI is InChI=1S/C8H10FN3/c1-3-7(4-9)12-8(11)6(2)5-10/h4H,2-3H2,1H3,(H2,11,12)/b7-4-. The van der Waals surface area contributed by atoms with E-state index in [2.05, 4.69) is 11.6 Å². The predicted molar refractivity (Wildman–Crippen MR) is 45.9 cm³/mol. The molecule has 0 heterocycles. The lowest BCUT2D eigenvalue weighted by atomic mass is 10.3. The van der Waals surface area contributed by atoms with Gasteiger partial charge in [0, 0.05) is 0 Å². The van der Waals surface area contributed by atoms with Crippen LogP contribution in [-0.4, -0.2) is 5.84 Å². The van der Waals surface area contributed by atoms with E-state index in [0.717, 1.165) is 0 Å². The SMILES string of the molecule is C=C(C#N)C(N)=N/C(=C\F)CC. The molecule has 0 amide bonds. The minimum Gasteiger partial charge on any atom is -0.383 e. The van der Waals surface area contributed by atoms with E-state index < -0.39 is 0 Å². The molecule has 0 rings (SSSR count). The Balaban J connectivity index is 4.58. The van der Waals surface area contributed by atoms with Crippen LogP contribution in [0.25, 0.3) is 0 Å². The number of nitrogens with two attached hydrogens (primary N) is 1. The molecule has 0 spiro atoms. The fourth-order valence-electron chi connectivity index (χ4n) is 0.460. The monoisotopic (exact) mass is 167 g/mol. The molecule has 0 aromatic rings. The van der Waals surface area contributed by atoms with Crippen molar-refractivity contribution in [1.82, 2.24) is 0 Å². The lowest BCUT2D eigenvalue weighted by molar-refractivity contribution is 0.700. The number of hydrogen-bond acceptors (Lipinski definition) is 2. The van der Waals surface area contributed by atoms with Gasteiger partial charge in [-0.3, -0.25) is 0 Å². The van der Waals surface area contributed by atoms with Crippen molar-refractivity contribution in [1.29, 1.82) is 5.26 Å². The van der Waals surface area contributed by atoms with Gasteiger partial charge in [-0.05, 0) is 6.42 Å². The Labute approximate surface area is 70.7 Å². The first-order chi connectivity index (χ1) is 5.65. The first kappa shape index (κ1) is 10.4. The van der Waals surface area contributed by atoms with E-state index in [1.807, 2.05) is 0 Å². The van der Waals surface area contributed by atoms with E-state index in [-0.39, 0.29) is 17.1 Å². The first-order valence-corrected chi connectivity index (χ1v) is 3.38. The van der Waals surface area contributed by atoms with E-state index in [0.29, 0.717) is 12.8 Å². The van der Waals surface area contributed by atoms with Crippen molar-refractivity contribution in [2.24, 2.45) is 10.7 Å². The summed E-state index contributed by atoms with van der Waals surface area (Å²) in [5.41, 5.74) is 5.54. The molecule has 0 saturated heterocycles. The van der Waals surface area contributed by atoms with Crippen LogP contribution in [0.4, 0.5) is 4.39 Å². The Kier molecular flexibility index (Phi) is 4.39. The van der Waals surface area contributed by atoms with Crippen LogP contribution in [0.5, 0.6) is 0 Å². The Morgan fingerprint density at radius 3 is 2.75 bits per heavy atom. The van der Waals surface area contributed by atoms with Crippen LogP contribution in [0.1, 0.15) is 13.3 Å². The topological polar surface area (TPSA) is 62.2 Å². The summed E-state index contributed by atoms with van der Waals surface area (Å²) in [5.74, 6) is -0.0387. The minimum atomic E-state index is -0.0387. The molecule has 0 aromatic carbocycles. The van der Waals surface area contributed by atoms with Crippen LogP contribution in [0.2, 0.25) is 0 Å². The second kappa shape index (κ2) is 5.08. The van der Waals surface area contributed by atoms with Crippen molar-refractivity contribution in [2.45, 2.75) is 13.3 Å². The zero-order valence-electron chi connectivity index (χ0n) is 6.84. The maximum Gasteiger partial charge on any atom is 0.141 e. The van der Waals surface area contributed by atoms with Crippen LogP contribution in [0.3, 0.4) is 0 Å². The van der Waals surface area contributed by atoms with Gasteiger partial charge in [0.15, 0.2) is 0 Å². The van der Waals surface area contributed by atoms with Crippen LogP contribution >= 0.6 is 0 Å². The average Bonchev–Trinajstić information content (AvgIpc) is 2.12. The van der Waals surface area contributed by atoms with Gasteiger partial charge in [0.2, 0.25) is 0 Å². The molecule has 2 N–H and O–H groups in total. The smallest absolute Gasteiger partial charge is 0.141 e. The predicted octanol–water partition coefficient (Wildman–Crippen LogP) is 1.64. The van der Waals surface area contributed by atoms with Crippen molar-refractivity contribution in [3.63, 3.8) is 0 Å². The maximum atomic E-state index is 11.9. The van der Waals surface area contributed by atoms with E-state index in [4.69, 9.17) is 11.0 Å². The van der Waals surface area contributed by atoms with Crippen molar-refractivity contribution in [3.8, 4) is 6.07 Å². The second-order valence-corrected chi connectivity index (χ2v) is 2.04. The van der Waals surface area contributed by atoms with Gasteiger partial charge in [-0.15, -0.1) is 0 Å². The van der Waals surface area contributed by atoms with Crippen molar-refractivity contribution in [3.05, 3.63) is 24.2 Å². The Hall–Kier alpha value is -1.63. The molecule has 0 fully saturated rings. The highest BCUT2D eigenvalue weighted by Crippen LogP contribution is 2.03. The molecule has 0 radical (unpaired) electrons. The van der Waals surface area contributed by atoms with Gasteiger partial charge in [-0.1, -0.05) is 13.5 Å². The Morgan fingerprint density at radius 1 is 1.83 bits per heavy atom. The first-order valence-electron chi connectivity index (χ1n) is 3.38. The van der Waals surface area contributed by atoms with Gasteiger partial charge in [-0.25, -0.2) is 9.38 Å². The zero-order chi connectivity index (χ0) is 9.56. The van der Waals surface area contributed by atoms with Gasteiger partial charge in [0.05, 0.1) is 11.3 Å². The minimum absolute atomic E-state index is 0.0387.